The highest BCUT2D eigenvalue weighted by atomic mass is 16.6. The molecule has 0 bridgehead atoms. The molecular weight excluding hydrogens is 462 g/mol. The molecule has 178 valence electrons. The van der Waals surface area contributed by atoms with Crippen molar-refractivity contribution in [1.29, 1.82) is 0 Å². The maximum absolute atomic E-state index is 12.1. The van der Waals surface area contributed by atoms with Gasteiger partial charge in [-0.25, -0.2) is 9.79 Å². The van der Waals surface area contributed by atoms with E-state index < -0.39 is 16.9 Å². The van der Waals surface area contributed by atoms with Gasteiger partial charge in [0.25, 0.3) is 11.6 Å². The van der Waals surface area contributed by atoms with Gasteiger partial charge in [0, 0.05) is 35.6 Å². The summed E-state index contributed by atoms with van der Waals surface area (Å²) in [6.45, 7) is 0. The predicted octanol–water partition coefficient (Wildman–Crippen LogP) is 4.47. The third-order valence-corrected chi connectivity index (χ3v) is 5.78. The fourth-order valence-electron chi connectivity index (χ4n) is 3.94. The number of likely N-dealkylation sites (N-methyl/N-ethyl adjacent to an activating group) is 1. The lowest BCUT2D eigenvalue weighted by Crippen LogP contribution is -2.25. The number of nitrogens with zero attached hydrogens (tertiary/aromatic N) is 3. The zero-order chi connectivity index (χ0) is 25.4. The van der Waals surface area contributed by atoms with Crippen molar-refractivity contribution in [2.24, 2.45) is 4.99 Å². The number of non-ortho nitro benzene ring substituents is 1. The number of aromatic hydroxyl groups is 1. The van der Waals surface area contributed by atoms with Gasteiger partial charge in [-0.05, 0) is 29.8 Å². The molecule has 1 aromatic heterocycles. The summed E-state index contributed by atoms with van der Waals surface area (Å²) < 4.78 is 0. The van der Waals surface area contributed by atoms with Crippen LogP contribution in [0.25, 0.3) is 17.0 Å². The highest BCUT2D eigenvalue weighted by Crippen LogP contribution is 2.33. The molecule has 3 aromatic carbocycles. The zero-order valence-corrected chi connectivity index (χ0v) is 18.9. The van der Waals surface area contributed by atoms with Gasteiger partial charge in [-0.3, -0.25) is 19.8 Å². The number of urea groups is 1. The molecule has 0 radical (unpaired) electrons. The number of rotatable bonds is 5. The van der Waals surface area contributed by atoms with Gasteiger partial charge in [-0.15, -0.1) is 0 Å². The first-order valence-corrected chi connectivity index (χ1v) is 10.9. The van der Waals surface area contributed by atoms with Gasteiger partial charge >= 0.3 is 6.03 Å². The van der Waals surface area contributed by atoms with Crippen molar-refractivity contribution in [3.63, 3.8) is 0 Å². The number of hydrogen-bond acceptors (Lipinski definition) is 6. The third-order valence-electron chi connectivity index (χ3n) is 5.78. The van der Waals surface area contributed by atoms with Crippen LogP contribution < -0.4 is 5.32 Å². The lowest BCUT2D eigenvalue weighted by atomic mass is 10.0. The van der Waals surface area contributed by atoms with Crippen LogP contribution in [0.3, 0.4) is 0 Å². The van der Waals surface area contributed by atoms with Gasteiger partial charge in [-0.1, -0.05) is 42.5 Å². The van der Waals surface area contributed by atoms with Crippen LogP contribution in [0.2, 0.25) is 0 Å². The van der Waals surface area contributed by atoms with Crippen molar-refractivity contribution >= 4 is 46.0 Å². The summed E-state index contributed by atoms with van der Waals surface area (Å²) in [4.78, 5) is 43.3. The number of nitro benzene ring substituents is 1. The number of benzene rings is 3. The number of carbonyl (C=O) groups excluding carboxylic acids is 2. The summed E-state index contributed by atoms with van der Waals surface area (Å²) in [5.41, 5.74) is 3.30. The van der Waals surface area contributed by atoms with Crippen molar-refractivity contribution < 1.29 is 19.6 Å². The van der Waals surface area contributed by atoms with E-state index in [9.17, 15) is 24.8 Å². The van der Waals surface area contributed by atoms with Crippen LogP contribution in [-0.4, -0.2) is 44.6 Å². The summed E-state index contributed by atoms with van der Waals surface area (Å²) in [5, 5.41) is 25.1. The van der Waals surface area contributed by atoms with Crippen LogP contribution in [0.1, 0.15) is 16.7 Å². The van der Waals surface area contributed by atoms with E-state index in [1.54, 1.807) is 36.4 Å². The van der Waals surface area contributed by atoms with Gasteiger partial charge in [-0.2, -0.15) is 0 Å². The van der Waals surface area contributed by atoms with E-state index in [0.29, 0.717) is 39.0 Å². The van der Waals surface area contributed by atoms with Gasteiger partial charge < -0.3 is 15.4 Å². The van der Waals surface area contributed by atoms with E-state index in [2.05, 4.69) is 10.3 Å². The number of aromatic amines is 1. The lowest BCUT2D eigenvalue weighted by molar-refractivity contribution is -0.384. The Kier molecular flexibility index (Phi) is 5.53. The Balaban J connectivity index is 1.60. The molecule has 1 saturated heterocycles. The van der Waals surface area contributed by atoms with Crippen LogP contribution >= 0.6 is 0 Å². The third kappa shape index (κ3) is 4.07. The molecule has 10 nitrogen and oxygen atoms in total. The van der Waals surface area contributed by atoms with E-state index in [1.165, 1.54) is 19.2 Å². The summed E-state index contributed by atoms with van der Waals surface area (Å²) in [6, 6.07) is 19.9. The van der Waals surface area contributed by atoms with Crippen molar-refractivity contribution in [2.75, 3.05) is 7.05 Å². The molecule has 1 aliphatic heterocycles. The summed E-state index contributed by atoms with van der Waals surface area (Å²) in [5.74, 6) is -0.577. The molecule has 4 aromatic rings. The second-order valence-electron chi connectivity index (χ2n) is 8.11. The zero-order valence-electron chi connectivity index (χ0n) is 18.9. The van der Waals surface area contributed by atoms with E-state index >= 15 is 0 Å². The first-order valence-electron chi connectivity index (χ1n) is 10.9. The van der Waals surface area contributed by atoms with E-state index in [-0.39, 0.29) is 17.3 Å². The predicted molar refractivity (Wildman–Crippen MR) is 134 cm³/mol. The minimum absolute atomic E-state index is 0.105. The summed E-state index contributed by atoms with van der Waals surface area (Å²) in [6.07, 6.45) is 1.57. The molecule has 0 unspecified atom stereocenters. The molecule has 0 spiro atoms. The van der Waals surface area contributed by atoms with Crippen LogP contribution in [-0.2, 0) is 4.79 Å². The van der Waals surface area contributed by atoms with Gasteiger partial charge in [0.05, 0.1) is 21.9 Å². The van der Waals surface area contributed by atoms with Crippen LogP contribution in [0.4, 0.5) is 16.2 Å². The molecule has 36 heavy (non-hydrogen) atoms. The van der Waals surface area contributed by atoms with Crippen LogP contribution in [0, 0.1) is 10.1 Å². The topological polar surface area (TPSA) is 141 Å². The lowest BCUT2D eigenvalue weighted by Gasteiger charge is -2.08. The van der Waals surface area contributed by atoms with Crippen LogP contribution in [0.5, 0.6) is 5.88 Å². The second-order valence-corrected chi connectivity index (χ2v) is 8.11. The normalized spacial score (nSPS) is 15.1. The molecule has 1 aliphatic rings. The van der Waals surface area contributed by atoms with Gasteiger partial charge in [0.2, 0.25) is 0 Å². The average molecular weight is 481 g/mol. The van der Waals surface area contributed by atoms with Gasteiger partial charge in [0.1, 0.15) is 5.70 Å². The second kappa shape index (κ2) is 8.84. The number of aliphatic imine (C=N–C) groups is 1. The Morgan fingerprint density at radius 2 is 1.78 bits per heavy atom. The maximum atomic E-state index is 12.1. The first-order chi connectivity index (χ1) is 17.3. The molecule has 1 fully saturated rings. The fraction of sp³-hybridized carbons (Fsp3) is 0.0385. The molecule has 0 saturated carbocycles. The molecule has 3 amide bonds. The van der Waals surface area contributed by atoms with E-state index in [1.807, 2.05) is 30.3 Å². The van der Waals surface area contributed by atoms with Crippen molar-refractivity contribution in [1.82, 2.24) is 15.2 Å². The summed E-state index contributed by atoms with van der Waals surface area (Å²) in [7, 11) is 1.40. The SMILES string of the molecule is CN1C(=O)N/C(=C\c2ccc(N=C(c3ccccc3)c3c(O)[nH]c4ccc([N+](=O)[O-])cc34)cc2)C1=O. The quantitative estimate of drug-likeness (QED) is 0.127. The average Bonchev–Trinajstić information content (AvgIpc) is 3.33. The van der Waals surface area contributed by atoms with Crippen LogP contribution in [0.15, 0.2) is 83.5 Å². The standard InChI is InChI=1S/C26H19N5O5/c1-30-25(33)21(29-26(30)34)13-15-7-9-17(10-8-15)27-23(16-5-3-2-4-6-16)22-19-14-18(31(35)36)11-12-20(19)28-24(22)32/h2-14,28,32H,1H3,(H,29,34)/b21-13-,27-23?. The Bertz CT molecular complexity index is 1590. The number of nitrogens with one attached hydrogen (secondary N) is 2. The number of imide groups is 1. The number of carbonyl (C=O) groups is 2. The molecule has 0 atom stereocenters. The summed E-state index contributed by atoms with van der Waals surface area (Å²) >= 11 is 0. The minimum Gasteiger partial charge on any atom is -0.494 e. The number of nitro groups is 1. The number of hydrogen-bond donors (Lipinski definition) is 3. The molecule has 0 aliphatic carbocycles. The molecule has 5 rings (SSSR count). The molecule has 2 heterocycles. The van der Waals surface area contributed by atoms with Gasteiger partial charge in [0.15, 0.2) is 5.88 Å². The monoisotopic (exact) mass is 481 g/mol. The number of H-pyrrole nitrogens is 1. The first kappa shape index (κ1) is 22.5. The minimum atomic E-state index is -0.491. The Hall–Kier alpha value is -5.25. The molecule has 10 heteroatoms. The number of amides is 3. The molecular formula is C26H19N5O5. The maximum Gasteiger partial charge on any atom is 0.328 e. The molecule has 3 N–H and O–H groups in total. The fourth-order valence-corrected chi connectivity index (χ4v) is 3.94. The Labute approximate surface area is 204 Å². The number of fused-ring (bicyclic) bond motifs is 1. The van der Waals surface area contributed by atoms with Crippen molar-refractivity contribution in [3.8, 4) is 5.88 Å². The highest BCUT2D eigenvalue weighted by Gasteiger charge is 2.29. The smallest absolute Gasteiger partial charge is 0.328 e. The highest BCUT2D eigenvalue weighted by molar-refractivity contribution is 6.22. The number of aromatic nitrogens is 1. The van der Waals surface area contributed by atoms with Crippen molar-refractivity contribution in [3.05, 3.63) is 105 Å². The largest absolute Gasteiger partial charge is 0.494 e. The Morgan fingerprint density at radius 1 is 1.06 bits per heavy atom. The Morgan fingerprint density at radius 3 is 2.42 bits per heavy atom. The van der Waals surface area contributed by atoms with Crippen molar-refractivity contribution in [2.45, 2.75) is 0 Å². The van der Waals surface area contributed by atoms with E-state index in [0.717, 1.165) is 4.90 Å². The van der Waals surface area contributed by atoms with E-state index in [4.69, 9.17) is 4.99 Å².